The zero-order valence-electron chi connectivity index (χ0n) is 12.3. The van der Waals surface area contributed by atoms with Crippen LogP contribution in [-0.4, -0.2) is 33.6 Å². The summed E-state index contributed by atoms with van der Waals surface area (Å²) >= 11 is 0. The molecule has 0 fully saturated rings. The van der Waals surface area contributed by atoms with E-state index in [1.807, 2.05) is 24.3 Å². The van der Waals surface area contributed by atoms with Crippen LogP contribution in [0.2, 0.25) is 0 Å². The van der Waals surface area contributed by atoms with Crippen molar-refractivity contribution in [3.63, 3.8) is 0 Å². The number of ether oxygens (including phenoxy) is 1. The predicted molar refractivity (Wildman–Crippen MR) is 82.5 cm³/mol. The Morgan fingerprint density at radius 2 is 1.90 bits per heavy atom. The van der Waals surface area contributed by atoms with Gasteiger partial charge in [-0.1, -0.05) is 37.6 Å². The number of aryl methyl sites for hydroxylation is 1. The van der Waals surface area contributed by atoms with E-state index in [-0.39, 0.29) is 11.5 Å². The largest absolute Gasteiger partial charge is 0.385 e. The molecule has 0 heterocycles. The van der Waals surface area contributed by atoms with Gasteiger partial charge in [0.25, 0.3) is 0 Å². The summed E-state index contributed by atoms with van der Waals surface area (Å²) in [5.74, 6) is 0.117. The molecule has 1 aromatic rings. The number of methoxy groups -OCH3 is 1. The lowest BCUT2D eigenvalue weighted by atomic mass is 10.0. The van der Waals surface area contributed by atoms with Crippen LogP contribution in [0.25, 0.3) is 0 Å². The Balaban J connectivity index is 2.58. The molecule has 2 N–H and O–H groups in total. The lowest BCUT2D eigenvalue weighted by Crippen LogP contribution is -2.24. The van der Waals surface area contributed by atoms with Crippen molar-refractivity contribution in [1.29, 1.82) is 0 Å². The van der Waals surface area contributed by atoms with Gasteiger partial charge in [0.2, 0.25) is 0 Å². The molecule has 1 rings (SSSR count). The molecule has 1 aromatic carbocycles. The van der Waals surface area contributed by atoms with E-state index in [0.29, 0.717) is 13.0 Å². The van der Waals surface area contributed by atoms with E-state index >= 15 is 0 Å². The molecule has 114 valence electrons. The summed E-state index contributed by atoms with van der Waals surface area (Å²) < 4.78 is 28.7. The second-order valence-corrected chi connectivity index (χ2v) is 7.29. The van der Waals surface area contributed by atoms with Crippen molar-refractivity contribution in [2.45, 2.75) is 32.2 Å². The lowest BCUT2D eigenvalue weighted by Gasteiger charge is -2.13. The molecule has 0 spiro atoms. The summed E-state index contributed by atoms with van der Waals surface area (Å²) in [6, 6.07) is 7.45. The number of rotatable bonds is 9. The fourth-order valence-electron chi connectivity index (χ4n) is 2.10. The first-order valence-electron chi connectivity index (χ1n) is 7.02. The summed E-state index contributed by atoms with van der Waals surface area (Å²) in [5, 5.41) is 0. The summed E-state index contributed by atoms with van der Waals surface area (Å²) in [5.41, 5.74) is 8.13. The van der Waals surface area contributed by atoms with Gasteiger partial charge >= 0.3 is 0 Å². The van der Waals surface area contributed by atoms with E-state index in [1.54, 1.807) is 7.11 Å². The predicted octanol–water partition coefficient (Wildman–Crippen LogP) is 2.09. The average Bonchev–Trinajstić information content (AvgIpc) is 2.39. The summed E-state index contributed by atoms with van der Waals surface area (Å²) in [6.07, 6.45) is 2.64. The maximum absolute atomic E-state index is 11.9. The van der Waals surface area contributed by atoms with E-state index in [4.69, 9.17) is 10.5 Å². The standard InChI is InChI=1S/C15H25NO3S/c1-3-5-13-6-8-14(9-7-13)15(16)12-20(17,18)11-4-10-19-2/h6-9,15H,3-5,10-12,16H2,1-2H3. The van der Waals surface area contributed by atoms with Gasteiger partial charge in [-0.25, -0.2) is 8.42 Å². The fourth-order valence-corrected chi connectivity index (χ4v) is 3.56. The van der Waals surface area contributed by atoms with Crippen molar-refractivity contribution >= 4 is 9.84 Å². The van der Waals surface area contributed by atoms with Crippen LogP contribution in [0.3, 0.4) is 0 Å². The Labute approximate surface area is 122 Å². The molecule has 0 amide bonds. The van der Waals surface area contributed by atoms with Crippen LogP contribution in [0, 0.1) is 0 Å². The van der Waals surface area contributed by atoms with Crippen LogP contribution >= 0.6 is 0 Å². The van der Waals surface area contributed by atoms with Crippen molar-refractivity contribution in [1.82, 2.24) is 0 Å². The summed E-state index contributed by atoms with van der Waals surface area (Å²) in [4.78, 5) is 0. The van der Waals surface area contributed by atoms with Crippen LogP contribution in [0.4, 0.5) is 0 Å². The second-order valence-electron chi connectivity index (χ2n) is 5.06. The van der Waals surface area contributed by atoms with Gasteiger partial charge in [0.05, 0.1) is 11.5 Å². The van der Waals surface area contributed by atoms with Crippen molar-refractivity contribution < 1.29 is 13.2 Å². The van der Waals surface area contributed by atoms with Gasteiger partial charge in [0.1, 0.15) is 0 Å². The van der Waals surface area contributed by atoms with Crippen molar-refractivity contribution in [2.24, 2.45) is 5.73 Å². The second kappa shape index (κ2) is 8.39. The van der Waals surface area contributed by atoms with Gasteiger partial charge in [-0.05, 0) is 24.0 Å². The Kier molecular flexibility index (Phi) is 7.19. The maximum atomic E-state index is 11.9. The molecule has 0 aliphatic carbocycles. The SMILES string of the molecule is CCCc1ccc(C(N)CS(=O)(=O)CCCOC)cc1. The maximum Gasteiger partial charge on any atom is 0.152 e. The molecular formula is C15H25NO3S. The Morgan fingerprint density at radius 1 is 1.25 bits per heavy atom. The number of nitrogens with two attached hydrogens (primary N) is 1. The quantitative estimate of drug-likeness (QED) is 0.709. The number of benzene rings is 1. The molecular weight excluding hydrogens is 274 g/mol. The molecule has 0 bridgehead atoms. The highest BCUT2D eigenvalue weighted by molar-refractivity contribution is 7.91. The summed E-state index contributed by atoms with van der Waals surface area (Å²) in [7, 11) is -1.56. The number of hydrogen-bond donors (Lipinski definition) is 1. The molecule has 0 aromatic heterocycles. The smallest absolute Gasteiger partial charge is 0.152 e. The third-order valence-electron chi connectivity index (χ3n) is 3.18. The fraction of sp³-hybridized carbons (Fsp3) is 0.600. The Hall–Kier alpha value is -0.910. The molecule has 20 heavy (non-hydrogen) atoms. The van der Waals surface area contributed by atoms with Gasteiger partial charge in [-0.3, -0.25) is 0 Å². The zero-order valence-corrected chi connectivity index (χ0v) is 13.2. The van der Waals surface area contributed by atoms with Gasteiger partial charge in [-0.15, -0.1) is 0 Å². The van der Waals surface area contributed by atoms with Crippen LogP contribution in [0.15, 0.2) is 24.3 Å². The van der Waals surface area contributed by atoms with Gasteiger partial charge in [-0.2, -0.15) is 0 Å². The van der Waals surface area contributed by atoms with Gasteiger partial charge in [0, 0.05) is 19.8 Å². The lowest BCUT2D eigenvalue weighted by molar-refractivity contribution is 0.199. The summed E-state index contributed by atoms with van der Waals surface area (Å²) in [6.45, 7) is 2.59. The Morgan fingerprint density at radius 3 is 2.45 bits per heavy atom. The van der Waals surface area contributed by atoms with Gasteiger partial charge in [0.15, 0.2) is 9.84 Å². The zero-order chi connectivity index (χ0) is 15.0. The van der Waals surface area contributed by atoms with Crippen LogP contribution in [0.1, 0.15) is 36.9 Å². The van der Waals surface area contributed by atoms with Crippen LogP contribution < -0.4 is 5.73 Å². The number of hydrogen-bond acceptors (Lipinski definition) is 4. The molecule has 5 heteroatoms. The van der Waals surface area contributed by atoms with E-state index < -0.39 is 15.9 Å². The molecule has 1 unspecified atom stereocenters. The molecule has 4 nitrogen and oxygen atoms in total. The van der Waals surface area contributed by atoms with E-state index in [1.165, 1.54) is 5.56 Å². The first-order valence-corrected chi connectivity index (χ1v) is 8.84. The first kappa shape index (κ1) is 17.1. The highest BCUT2D eigenvalue weighted by Gasteiger charge is 2.17. The van der Waals surface area contributed by atoms with Crippen LogP contribution in [0.5, 0.6) is 0 Å². The average molecular weight is 299 g/mol. The molecule has 1 atom stereocenters. The molecule has 0 aliphatic heterocycles. The molecule has 0 radical (unpaired) electrons. The van der Waals surface area contributed by atoms with Crippen molar-refractivity contribution in [2.75, 3.05) is 25.2 Å². The van der Waals surface area contributed by atoms with E-state index in [0.717, 1.165) is 18.4 Å². The third kappa shape index (κ3) is 6.03. The van der Waals surface area contributed by atoms with E-state index in [9.17, 15) is 8.42 Å². The first-order chi connectivity index (χ1) is 9.48. The number of sulfone groups is 1. The van der Waals surface area contributed by atoms with E-state index in [2.05, 4.69) is 6.92 Å². The highest BCUT2D eigenvalue weighted by Crippen LogP contribution is 2.15. The topological polar surface area (TPSA) is 69.4 Å². The molecule has 0 saturated heterocycles. The minimum absolute atomic E-state index is 0.0101. The Bertz CT molecular complexity index is 482. The molecule has 0 aliphatic rings. The highest BCUT2D eigenvalue weighted by atomic mass is 32.2. The van der Waals surface area contributed by atoms with Gasteiger partial charge < -0.3 is 10.5 Å². The normalized spacial score (nSPS) is 13.3. The minimum Gasteiger partial charge on any atom is -0.385 e. The van der Waals surface area contributed by atoms with Crippen molar-refractivity contribution in [3.8, 4) is 0 Å². The minimum atomic E-state index is -3.13. The monoisotopic (exact) mass is 299 g/mol. The third-order valence-corrected chi connectivity index (χ3v) is 4.96. The molecule has 0 saturated carbocycles. The van der Waals surface area contributed by atoms with Crippen LogP contribution in [-0.2, 0) is 21.0 Å². The van der Waals surface area contributed by atoms with Crippen molar-refractivity contribution in [3.05, 3.63) is 35.4 Å².